The van der Waals surface area contributed by atoms with Crippen LogP contribution in [0.15, 0.2) is 287 Å². The molecule has 324 valence electrons. The van der Waals surface area contributed by atoms with E-state index in [1.807, 2.05) is 0 Å². The van der Waals surface area contributed by atoms with Gasteiger partial charge in [-0.2, -0.15) is 0 Å². The monoisotopic (exact) mass is 896 g/mol. The molecule has 1 aliphatic carbocycles. The summed E-state index contributed by atoms with van der Waals surface area (Å²) in [6.07, 6.45) is 0. The lowest BCUT2D eigenvalue weighted by molar-refractivity contribution is 1.16. The van der Waals surface area contributed by atoms with Gasteiger partial charge in [-0.1, -0.05) is 170 Å². The first-order chi connectivity index (χ1) is 34.3. The number of aromatic nitrogens is 2. The molecule has 14 rings (SSSR count). The maximum absolute atomic E-state index is 2.53. The SMILES string of the molecule is c1ccc(S(c2ccccc2)(c2ccccc2)c2ccc3c(c2)c2cc(-n4c5ccccc5c5ccccc54)ccc2n3-c2ccc3c(c2)-c2ccccc2-c2ccccc2-c2ccccc2-3)cc1. The van der Waals surface area contributed by atoms with Crippen molar-refractivity contribution in [2.24, 2.45) is 0 Å². The van der Waals surface area contributed by atoms with E-state index < -0.39 is 10.0 Å². The molecule has 3 heteroatoms. The number of fused-ring (bicyclic) bond motifs is 14. The lowest BCUT2D eigenvalue weighted by atomic mass is 9.81. The lowest BCUT2D eigenvalue weighted by Crippen LogP contribution is -2.05. The molecular weight excluding hydrogens is 853 g/mol. The molecule has 1 aliphatic rings. The smallest absolute Gasteiger partial charge is 0.0542 e. The zero-order chi connectivity index (χ0) is 45.5. The Morgan fingerprint density at radius 2 is 0.536 bits per heavy atom. The summed E-state index contributed by atoms with van der Waals surface area (Å²) in [5.74, 6) is 0. The molecule has 2 heterocycles. The first kappa shape index (κ1) is 39.5. The van der Waals surface area contributed by atoms with E-state index in [0.29, 0.717) is 0 Å². The zero-order valence-corrected chi connectivity index (χ0v) is 38.5. The Morgan fingerprint density at radius 1 is 0.203 bits per heavy atom. The summed E-state index contributed by atoms with van der Waals surface area (Å²) < 4.78 is 4.96. The van der Waals surface area contributed by atoms with Gasteiger partial charge in [0, 0.05) is 52.5 Å². The van der Waals surface area contributed by atoms with Crippen molar-refractivity contribution in [3.63, 3.8) is 0 Å². The van der Waals surface area contributed by atoms with Gasteiger partial charge in [0.2, 0.25) is 0 Å². The van der Waals surface area contributed by atoms with Crippen molar-refractivity contribution in [2.75, 3.05) is 0 Å². The molecule has 0 radical (unpaired) electrons. The second-order valence-corrected chi connectivity index (χ2v) is 21.1. The summed E-state index contributed by atoms with van der Waals surface area (Å²) in [5.41, 5.74) is 16.9. The largest absolute Gasteiger partial charge is 0.309 e. The van der Waals surface area contributed by atoms with Crippen molar-refractivity contribution >= 4 is 53.6 Å². The summed E-state index contributed by atoms with van der Waals surface area (Å²) in [6.45, 7) is 0. The van der Waals surface area contributed by atoms with Gasteiger partial charge in [-0.05, 0) is 142 Å². The van der Waals surface area contributed by atoms with Gasteiger partial charge in [-0.15, -0.1) is 10.0 Å². The first-order valence-corrected chi connectivity index (χ1v) is 25.4. The van der Waals surface area contributed by atoms with Crippen LogP contribution in [0.25, 0.3) is 99.5 Å². The minimum atomic E-state index is -1.96. The molecule has 0 unspecified atom stereocenters. The average Bonchev–Trinajstić information content (AvgIpc) is 3.94. The van der Waals surface area contributed by atoms with Gasteiger partial charge in [0.15, 0.2) is 0 Å². The fourth-order valence-electron chi connectivity index (χ4n) is 11.5. The normalized spacial score (nSPS) is 12.3. The van der Waals surface area contributed by atoms with Crippen LogP contribution in [0.1, 0.15) is 0 Å². The molecule has 0 spiro atoms. The number of para-hydroxylation sites is 2. The van der Waals surface area contributed by atoms with Gasteiger partial charge in [-0.3, -0.25) is 0 Å². The highest BCUT2D eigenvalue weighted by Crippen LogP contribution is 2.73. The summed E-state index contributed by atoms with van der Waals surface area (Å²) in [6, 6.07) is 99.5. The molecule has 0 N–H and O–H groups in total. The van der Waals surface area contributed by atoms with Crippen molar-refractivity contribution in [1.29, 1.82) is 0 Å². The number of benzene rings is 11. The number of hydrogen-bond donors (Lipinski definition) is 0. The van der Waals surface area contributed by atoms with Gasteiger partial charge in [0.25, 0.3) is 0 Å². The second-order valence-electron chi connectivity index (χ2n) is 18.0. The minimum absolute atomic E-state index is 1.13. The molecule has 2 aromatic heterocycles. The summed E-state index contributed by atoms with van der Waals surface area (Å²) in [4.78, 5) is 5.21. The maximum atomic E-state index is 2.53. The third kappa shape index (κ3) is 5.94. The Labute approximate surface area is 403 Å². The summed E-state index contributed by atoms with van der Waals surface area (Å²) in [7, 11) is -1.96. The number of hydrogen-bond acceptors (Lipinski definition) is 0. The van der Waals surface area contributed by atoms with E-state index in [1.165, 1.54) is 102 Å². The predicted molar refractivity (Wildman–Crippen MR) is 290 cm³/mol. The molecule has 0 amide bonds. The number of rotatable bonds is 6. The van der Waals surface area contributed by atoms with E-state index in [0.717, 1.165) is 16.9 Å². The zero-order valence-electron chi connectivity index (χ0n) is 37.7. The van der Waals surface area contributed by atoms with E-state index in [2.05, 4.69) is 276 Å². The van der Waals surface area contributed by atoms with E-state index in [9.17, 15) is 0 Å². The van der Waals surface area contributed by atoms with Crippen LogP contribution in [0.4, 0.5) is 0 Å². The van der Waals surface area contributed by atoms with Gasteiger partial charge in [0.05, 0.1) is 22.1 Å². The van der Waals surface area contributed by atoms with E-state index in [-0.39, 0.29) is 0 Å². The van der Waals surface area contributed by atoms with Crippen LogP contribution in [0.2, 0.25) is 0 Å². The second kappa shape index (κ2) is 15.7. The summed E-state index contributed by atoms with van der Waals surface area (Å²) >= 11 is 0. The number of nitrogens with zero attached hydrogens (tertiary/aromatic N) is 2. The van der Waals surface area contributed by atoms with Crippen LogP contribution < -0.4 is 0 Å². The molecule has 2 nitrogen and oxygen atoms in total. The van der Waals surface area contributed by atoms with Gasteiger partial charge >= 0.3 is 0 Å². The highest BCUT2D eigenvalue weighted by atomic mass is 32.3. The summed E-state index contributed by atoms with van der Waals surface area (Å²) in [5, 5.41) is 4.94. The highest BCUT2D eigenvalue weighted by molar-refractivity contribution is 8.34. The van der Waals surface area contributed by atoms with Crippen LogP contribution in [-0.2, 0) is 0 Å². The first-order valence-electron chi connectivity index (χ1n) is 23.7. The van der Waals surface area contributed by atoms with Crippen molar-refractivity contribution in [1.82, 2.24) is 9.13 Å². The van der Waals surface area contributed by atoms with E-state index in [4.69, 9.17) is 0 Å². The molecule has 13 aromatic rings. The maximum Gasteiger partial charge on any atom is 0.0542 e. The van der Waals surface area contributed by atoms with E-state index in [1.54, 1.807) is 0 Å². The predicted octanol–water partition coefficient (Wildman–Crippen LogP) is 18.2. The van der Waals surface area contributed by atoms with Crippen LogP contribution in [-0.4, -0.2) is 9.13 Å². The van der Waals surface area contributed by atoms with Crippen molar-refractivity contribution < 1.29 is 0 Å². The Bertz CT molecular complexity index is 3970. The lowest BCUT2D eigenvalue weighted by Gasteiger charge is -2.42. The van der Waals surface area contributed by atoms with Gasteiger partial charge < -0.3 is 9.13 Å². The molecule has 0 fully saturated rings. The minimum Gasteiger partial charge on any atom is -0.309 e. The molecule has 0 saturated heterocycles. The third-order valence-electron chi connectivity index (χ3n) is 14.4. The van der Waals surface area contributed by atoms with Crippen LogP contribution in [0.3, 0.4) is 0 Å². The van der Waals surface area contributed by atoms with Gasteiger partial charge in [-0.25, -0.2) is 0 Å². The van der Waals surface area contributed by atoms with E-state index >= 15 is 0 Å². The molecule has 0 atom stereocenters. The quantitative estimate of drug-likeness (QED) is 0.157. The molecule has 0 bridgehead atoms. The molecule has 69 heavy (non-hydrogen) atoms. The third-order valence-corrected chi connectivity index (χ3v) is 18.3. The molecule has 11 aromatic carbocycles. The fraction of sp³-hybridized carbons (Fsp3) is 0. The average molecular weight is 897 g/mol. The van der Waals surface area contributed by atoms with Crippen LogP contribution >= 0.6 is 10.0 Å². The standard InChI is InChI=1S/C66H44N2S/c1-4-20-47(21-5-1)69(48-22-6-2-7-23-48,49-24-8-3-9-25-49)50-38-41-66-62(44-50)61-43-46(67-63-34-18-16-32-58(63)59-33-17-19-35-64(59)67)37-40-65(61)68(66)45-36-39-57-55-30-13-12-28-53(55)51-26-10-11-27-52(51)54-29-14-15-31-56(54)60(57)42-45/h1-44H. The van der Waals surface area contributed by atoms with Crippen molar-refractivity contribution in [3.8, 4) is 55.9 Å². The Morgan fingerprint density at radius 3 is 1.01 bits per heavy atom. The highest BCUT2D eigenvalue weighted by Gasteiger charge is 2.34. The van der Waals surface area contributed by atoms with Crippen LogP contribution in [0.5, 0.6) is 0 Å². The Kier molecular flexibility index (Phi) is 9.02. The van der Waals surface area contributed by atoms with Crippen molar-refractivity contribution in [3.05, 3.63) is 267 Å². The molecule has 0 aliphatic heterocycles. The molecular formula is C66H44N2S. The molecule has 0 saturated carbocycles. The van der Waals surface area contributed by atoms with Gasteiger partial charge in [0.1, 0.15) is 0 Å². The Hall–Kier alpha value is -8.63. The van der Waals surface area contributed by atoms with Crippen LogP contribution in [0, 0.1) is 0 Å². The Balaban J connectivity index is 1.08. The van der Waals surface area contributed by atoms with Crippen molar-refractivity contribution in [2.45, 2.75) is 19.6 Å². The fourth-order valence-corrected chi connectivity index (χ4v) is 15.4. The topological polar surface area (TPSA) is 9.86 Å².